The van der Waals surface area contributed by atoms with E-state index in [1.54, 1.807) is 18.2 Å². The maximum atomic E-state index is 12.9. The molecule has 0 spiro atoms. The van der Waals surface area contributed by atoms with Gasteiger partial charge in [-0.25, -0.2) is 14.8 Å². The third-order valence-electron chi connectivity index (χ3n) is 5.91. The van der Waals surface area contributed by atoms with Gasteiger partial charge in [-0.15, -0.1) is 0 Å². The molecule has 1 aliphatic heterocycles. The lowest BCUT2D eigenvalue weighted by Gasteiger charge is -2.34. The number of aromatic carboxylic acids is 1. The molecule has 1 aromatic carbocycles. The van der Waals surface area contributed by atoms with Gasteiger partial charge in [0.15, 0.2) is 0 Å². The maximum Gasteiger partial charge on any atom is 0.354 e. The number of piperidine rings is 1. The zero-order valence-corrected chi connectivity index (χ0v) is 19.5. The molecular weight excluding hydrogens is 454 g/mol. The van der Waals surface area contributed by atoms with Gasteiger partial charge in [0.2, 0.25) is 0 Å². The molecule has 8 nitrogen and oxygen atoms in total. The standard InChI is InChI=1S/C25H26ClN5O3/c1-16-2-4-21(20(12-16)24(32)30-23-5-3-18(26)15-29-23)28-14-17-7-10-31(11-8-17)19-6-9-27-22(13-19)25(33)34/h2-6,9,12-13,15,17,28H,7-8,10-11,14H2,1H3,(H,33,34)(H,29,30,32). The Bertz CT molecular complexity index is 1180. The van der Waals surface area contributed by atoms with Gasteiger partial charge in [-0.3, -0.25) is 4.79 Å². The van der Waals surface area contributed by atoms with E-state index in [2.05, 4.69) is 25.5 Å². The summed E-state index contributed by atoms with van der Waals surface area (Å²) in [5.74, 6) is -0.378. The Balaban J connectivity index is 1.36. The molecule has 1 fully saturated rings. The lowest BCUT2D eigenvalue weighted by molar-refractivity contribution is 0.0690. The van der Waals surface area contributed by atoms with Gasteiger partial charge in [-0.05, 0) is 62.1 Å². The van der Waals surface area contributed by atoms with E-state index in [1.165, 1.54) is 12.4 Å². The second-order valence-electron chi connectivity index (χ2n) is 8.38. The third-order valence-corrected chi connectivity index (χ3v) is 6.14. The smallest absolute Gasteiger partial charge is 0.354 e. The topological polar surface area (TPSA) is 107 Å². The summed E-state index contributed by atoms with van der Waals surface area (Å²) >= 11 is 5.87. The number of anilines is 3. The highest BCUT2D eigenvalue weighted by Crippen LogP contribution is 2.25. The molecule has 176 valence electrons. The maximum absolute atomic E-state index is 12.9. The molecule has 3 N–H and O–H groups in total. The van der Waals surface area contributed by atoms with E-state index in [0.29, 0.717) is 22.3 Å². The number of nitrogens with one attached hydrogen (secondary N) is 2. The molecule has 4 rings (SSSR count). The second kappa shape index (κ2) is 10.5. The summed E-state index contributed by atoms with van der Waals surface area (Å²) in [7, 11) is 0. The number of carboxylic acid groups (broad SMARTS) is 1. The number of rotatable bonds is 7. The number of carboxylic acids is 1. The van der Waals surface area contributed by atoms with Crippen LogP contribution < -0.4 is 15.5 Å². The van der Waals surface area contributed by atoms with Crippen LogP contribution in [0.4, 0.5) is 17.2 Å². The highest BCUT2D eigenvalue weighted by Gasteiger charge is 2.21. The van der Waals surface area contributed by atoms with E-state index in [0.717, 1.165) is 49.4 Å². The van der Waals surface area contributed by atoms with Gasteiger partial charge in [-0.2, -0.15) is 0 Å². The number of hydrogen-bond donors (Lipinski definition) is 3. The molecule has 9 heteroatoms. The molecule has 1 amide bonds. The molecule has 0 atom stereocenters. The minimum absolute atomic E-state index is 0.0558. The molecular formula is C25H26ClN5O3. The first-order valence-electron chi connectivity index (χ1n) is 11.1. The number of hydrogen-bond acceptors (Lipinski definition) is 6. The van der Waals surface area contributed by atoms with Crippen molar-refractivity contribution in [2.24, 2.45) is 5.92 Å². The largest absolute Gasteiger partial charge is 0.477 e. The number of aromatic nitrogens is 2. The first-order chi connectivity index (χ1) is 16.4. The van der Waals surface area contributed by atoms with Crippen LogP contribution in [0.3, 0.4) is 0 Å². The Kier molecular flexibility index (Phi) is 7.27. The molecule has 0 aliphatic carbocycles. The zero-order chi connectivity index (χ0) is 24.1. The first-order valence-corrected chi connectivity index (χ1v) is 11.5. The van der Waals surface area contributed by atoms with Gasteiger partial charge in [0.05, 0.1) is 10.6 Å². The van der Waals surface area contributed by atoms with Crippen LogP contribution in [0.25, 0.3) is 0 Å². The molecule has 0 bridgehead atoms. The van der Waals surface area contributed by atoms with Gasteiger partial charge in [0.1, 0.15) is 11.5 Å². The quantitative estimate of drug-likeness (QED) is 0.450. The number of halogens is 1. The van der Waals surface area contributed by atoms with Crippen molar-refractivity contribution in [2.45, 2.75) is 19.8 Å². The molecule has 3 heterocycles. The van der Waals surface area contributed by atoms with Gasteiger partial charge in [0.25, 0.3) is 5.91 Å². The molecule has 1 saturated heterocycles. The number of carbonyl (C=O) groups is 2. The monoisotopic (exact) mass is 479 g/mol. The van der Waals surface area contributed by atoms with Crippen molar-refractivity contribution in [3.05, 3.63) is 76.7 Å². The van der Waals surface area contributed by atoms with Crippen LogP contribution >= 0.6 is 11.6 Å². The Morgan fingerprint density at radius 2 is 1.91 bits per heavy atom. The van der Waals surface area contributed by atoms with Crippen molar-refractivity contribution in [2.75, 3.05) is 35.2 Å². The fourth-order valence-corrected chi connectivity index (χ4v) is 4.13. The summed E-state index contributed by atoms with van der Waals surface area (Å²) in [5, 5.41) is 16.0. The molecule has 1 aliphatic rings. The Morgan fingerprint density at radius 1 is 1.12 bits per heavy atom. The van der Waals surface area contributed by atoms with E-state index < -0.39 is 5.97 Å². The van der Waals surface area contributed by atoms with Gasteiger partial charge in [0, 0.05) is 43.4 Å². The normalized spacial score (nSPS) is 14.0. The number of aryl methyl sites for hydroxylation is 1. The van der Waals surface area contributed by atoms with Gasteiger partial charge >= 0.3 is 5.97 Å². The molecule has 3 aromatic rings. The van der Waals surface area contributed by atoms with Crippen molar-refractivity contribution in [3.63, 3.8) is 0 Å². The lowest BCUT2D eigenvalue weighted by atomic mass is 9.96. The molecule has 0 unspecified atom stereocenters. The number of pyridine rings is 2. The van der Waals surface area contributed by atoms with Crippen LogP contribution in [-0.2, 0) is 0 Å². The molecule has 34 heavy (non-hydrogen) atoms. The Morgan fingerprint density at radius 3 is 2.62 bits per heavy atom. The average molecular weight is 480 g/mol. The summed E-state index contributed by atoms with van der Waals surface area (Å²) in [4.78, 5) is 34.3. The fraction of sp³-hybridized carbons (Fsp3) is 0.280. The van der Waals surface area contributed by atoms with Crippen molar-refractivity contribution in [3.8, 4) is 0 Å². The van der Waals surface area contributed by atoms with Crippen molar-refractivity contribution >= 4 is 40.7 Å². The Hall–Kier alpha value is -3.65. The zero-order valence-electron chi connectivity index (χ0n) is 18.8. The van der Waals surface area contributed by atoms with Crippen LogP contribution in [0.15, 0.2) is 54.9 Å². The summed E-state index contributed by atoms with van der Waals surface area (Å²) in [6, 6.07) is 12.6. The van der Waals surface area contributed by atoms with E-state index >= 15 is 0 Å². The van der Waals surface area contributed by atoms with Crippen LogP contribution in [0, 0.1) is 12.8 Å². The number of amides is 1. The third kappa shape index (κ3) is 5.82. The summed E-state index contributed by atoms with van der Waals surface area (Å²) in [6.45, 7) is 4.36. The number of carbonyl (C=O) groups excluding carboxylic acids is 1. The van der Waals surface area contributed by atoms with Crippen LogP contribution in [0.1, 0.15) is 39.3 Å². The SMILES string of the molecule is Cc1ccc(NCC2CCN(c3ccnc(C(=O)O)c3)CC2)c(C(=O)Nc2ccc(Cl)cn2)c1. The first kappa shape index (κ1) is 23.5. The van der Waals surface area contributed by atoms with Crippen molar-refractivity contribution < 1.29 is 14.7 Å². The summed E-state index contributed by atoms with van der Waals surface area (Å²) in [5.41, 5.74) is 3.27. The minimum atomic E-state index is -1.02. The van der Waals surface area contributed by atoms with E-state index in [-0.39, 0.29) is 11.6 Å². The average Bonchev–Trinajstić information content (AvgIpc) is 2.85. The van der Waals surface area contributed by atoms with E-state index in [1.807, 2.05) is 31.2 Å². The van der Waals surface area contributed by atoms with Crippen LogP contribution in [0.2, 0.25) is 5.02 Å². The predicted molar refractivity (Wildman–Crippen MR) is 133 cm³/mol. The van der Waals surface area contributed by atoms with Crippen molar-refractivity contribution in [1.29, 1.82) is 0 Å². The van der Waals surface area contributed by atoms with E-state index in [9.17, 15) is 14.7 Å². The van der Waals surface area contributed by atoms with Gasteiger partial charge in [-0.1, -0.05) is 23.2 Å². The number of benzene rings is 1. The fourth-order valence-electron chi connectivity index (χ4n) is 4.02. The van der Waals surface area contributed by atoms with Gasteiger partial charge < -0.3 is 20.6 Å². The summed E-state index contributed by atoms with van der Waals surface area (Å²) < 4.78 is 0. The summed E-state index contributed by atoms with van der Waals surface area (Å²) in [6.07, 6.45) is 4.95. The molecule has 2 aromatic heterocycles. The lowest BCUT2D eigenvalue weighted by Crippen LogP contribution is -2.36. The molecule has 0 saturated carbocycles. The second-order valence-corrected chi connectivity index (χ2v) is 8.82. The Labute approximate surface area is 203 Å². The highest BCUT2D eigenvalue weighted by molar-refractivity contribution is 6.30. The number of nitrogens with zero attached hydrogens (tertiary/aromatic N) is 3. The minimum Gasteiger partial charge on any atom is -0.477 e. The van der Waals surface area contributed by atoms with Crippen LogP contribution in [0.5, 0.6) is 0 Å². The molecule has 0 radical (unpaired) electrons. The van der Waals surface area contributed by atoms with Crippen LogP contribution in [-0.4, -0.2) is 46.6 Å². The van der Waals surface area contributed by atoms with E-state index in [4.69, 9.17) is 11.6 Å². The highest BCUT2D eigenvalue weighted by atomic mass is 35.5. The van der Waals surface area contributed by atoms with Crippen molar-refractivity contribution in [1.82, 2.24) is 9.97 Å². The predicted octanol–water partition coefficient (Wildman–Crippen LogP) is 4.72.